The zero-order chi connectivity index (χ0) is 32.4. The number of benzene rings is 4. The molecule has 46 heavy (non-hydrogen) atoms. The molecule has 5 aromatic rings. The lowest BCUT2D eigenvalue weighted by Crippen LogP contribution is -2.35. The fourth-order valence-corrected chi connectivity index (χ4v) is 5.67. The molecule has 4 aromatic carbocycles. The Morgan fingerprint density at radius 2 is 1.76 bits per heavy atom. The van der Waals surface area contributed by atoms with Crippen molar-refractivity contribution in [3.8, 4) is 11.4 Å². The third kappa shape index (κ3) is 6.23. The van der Waals surface area contributed by atoms with E-state index in [2.05, 4.69) is 20.8 Å². The number of amides is 2. The van der Waals surface area contributed by atoms with Gasteiger partial charge < -0.3 is 25.4 Å². The van der Waals surface area contributed by atoms with Crippen LogP contribution in [0.15, 0.2) is 83.9 Å². The molecule has 6 rings (SSSR count). The summed E-state index contributed by atoms with van der Waals surface area (Å²) in [5.41, 5.74) is 3.76. The molecule has 1 aliphatic rings. The van der Waals surface area contributed by atoms with E-state index in [9.17, 15) is 19.6 Å². The summed E-state index contributed by atoms with van der Waals surface area (Å²) < 4.78 is 7.43. The minimum absolute atomic E-state index is 0.0100. The van der Waals surface area contributed by atoms with Crippen LogP contribution in [0.2, 0.25) is 5.02 Å². The van der Waals surface area contributed by atoms with Crippen LogP contribution >= 0.6 is 11.6 Å². The van der Waals surface area contributed by atoms with Gasteiger partial charge in [0.1, 0.15) is 17.6 Å². The SMILES string of the molecule is COc1ccc2c(c1)C(c1ccc(Cl)cc1)=NC(CC(=O)NCCNC(=O)c1cccc3ccc(B(O)O)cc13)c1nnc(C)n1-2. The van der Waals surface area contributed by atoms with E-state index < -0.39 is 13.2 Å². The predicted molar refractivity (Wildman–Crippen MR) is 176 cm³/mol. The van der Waals surface area contributed by atoms with Gasteiger partial charge in [-0.05, 0) is 59.6 Å². The minimum Gasteiger partial charge on any atom is -0.497 e. The molecule has 232 valence electrons. The maximum atomic E-state index is 13.3. The third-order valence-electron chi connectivity index (χ3n) is 7.81. The molecule has 4 N–H and O–H groups in total. The Hall–Kier alpha value is -5.04. The minimum atomic E-state index is -1.65. The standard InChI is InChI=1S/C33H30BClN6O5/c1-19-39-40-32-28(38-31(21-7-10-23(35)11-8-21)27-17-24(46-2)12-13-29(27)41(19)32)18-30(42)36-14-15-37-33(43)25-5-3-4-20-6-9-22(34(44)45)16-26(20)25/h3-13,16-17,28,44-45H,14-15,18H2,1-2H3,(H,36,42)(H,37,43). The van der Waals surface area contributed by atoms with Crippen LogP contribution in [0.1, 0.15) is 45.6 Å². The Kier molecular flexibility index (Phi) is 8.84. The highest BCUT2D eigenvalue weighted by Gasteiger charge is 2.30. The van der Waals surface area contributed by atoms with E-state index in [1.165, 1.54) is 0 Å². The smallest absolute Gasteiger partial charge is 0.488 e. The first-order valence-electron chi connectivity index (χ1n) is 14.6. The Morgan fingerprint density at radius 1 is 0.978 bits per heavy atom. The molecule has 11 nitrogen and oxygen atoms in total. The number of aliphatic imine (C=N–C) groups is 1. The van der Waals surface area contributed by atoms with Crippen molar-refractivity contribution in [2.45, 2.75) is 19.4 Å². The van der Waals surface area contributed by atoms with E-state index >= 15 is 0 Å². The average molecular weight is 637 g/mol. The number of hydrogen-bond donors (Lipinski definition) is 4. The molecule has 2 amide bonds. The van der Waals surface area contributed by atoms with Gasteiger partial charge in [0, 0.05) is 34.8 Å². The molecule has 0 bridgehead atoms. The second-order valence-electron chi connectivity index (χ2n) is 10.8. The molecule has 0 aliphatic carbocycles. The summed E-state index contributed by atoms with van der Waals surface area (Å²) in [6.45, 7) is 2.20. The molecule has 1 aromatic heterocycles. The number of hydrogen-bond acceptors (Lipinski definition) is 8. The number of fused-ring (bicyclic) bond motifs is 4. The van der Waals surface area contributed by atoms with Crippen LogP contribution in [0.5, 0.6) is 5.75 Å². The molecule has 1 atom stereocenters. The number of nitrogens with one attached hydrogen (secondary N) is 2. The van der Waals surface area contributed by atoms with E-state index in [0.29, 0.717) is 39.1 Å². The topological polar surface area (TPSA) is 151 Å². The molecular weight excluding hydrogens is 607 g/mol. The molecule has 0 saturated heterocycles. The van der Waals surface area contributed by atoms with Crippen LogP contribution in [0.25, 0.3) is 16.5 Å². The van der Waals surface area contributed by atoms with Gasteiger partial charge in [-0.25, -0.2) is 0 Å². The molecule has 0 spiro atoms. The van der Waals surface area contributed by atoms with Crippen molar-refractivity contribution >= 4 is 52.5 Å². The number of carbonyl (C=O) groups is 2. The Bertz CT molecular complexity index is 1980. The molecule has 0 saturated carbocycles. The zero-order valence-electron chi connectivity index (χ0n) is 25.1. The van der Waals surface area contributed by atoms with E-state index in [0.717, 1.165) is 22.2 Å². The van der Waals surface area contributed by atoms with Crippen LogP contribution in [0, 0.1) is 6.92 Å². The van der Waals surface area contributed by atoms with E-state index in [1.54, 1.807) is 49.6 Å². The van der Waals surface area contributed by atoms with E-state index in [1.807, 2.05) is 47.9 Å². The fraction of sp³-hybridized carbons (Fsp3) is 0.182. The van der Waals surface area contributed by atoms with Gasteiger partial charge in [0.2, 0.25) is 5.91 Å². The molecule has 0 fully saturated rings. The van der Waals surface area contributed by atoms with Crippen molar-refractivity contribution in [1.29, 1.82) is 0 Å². The van der Waals surface area contributed by atoms with Crippen molar-refractivity contribution < 1.29 is 24.4 Å². The van der Waals surface area contributed by atoms with Crippen LogP contribution in [-0.4, -0.2) is 69.7 Å². The van der Waals surface area contributed by atoms with E-state index in [4.69, 9.17) is 21.3 Å². The first-order valence-corrected chi connectivity index (χ1v) is 15.0. The summed E-state index contributed by atoms with van der Waals surface area (Å²) >= 11 is 6.18. The fourth-order valence-electron chi connectivity index (χ4n) is 5.55. The lowest BCUT2D eigenvalue weighted by atomic mass is 9.79. The lowest BCUT2D eigenvalue weighted by molar-refractivity contribution is -0.121. The van der Waals surface area contributed by atoms with Crippen molar-refractivity contribution in [2.75, 3.05) is 20.2 Å². The highest BCUT2D eigenvalue weighted by atomic mass is 35.5. The van der Waals surface area contributed by atoms with Gasteiger partial charge in [-0.15, -0.1) is 10.2 Å². The maximum absolute atomic E-state index is 13.3. The van der Waals surface area contributed by atoms with Crippen LogP contribution in [-0.2, 0) is 4.79 Å². The second kappa shape index (κ2) is 13.1. The highest BCUT2D eigenvalue weighted by molar-refractivity contribution is 6.59. The number of methoxy groups -OCH3 is 1. The number of rotatable bonds is 9. The van der Waals surface area contributed by atoms with Gasteiger partial charge in [0.05, 0.1) is 24.9 Å². The van der Waals surface area contributed by atoms with Gasteiger partial charge >= 0.3 is 7.12 Å². The van der Waals surface area contributed by atoms with Gasteiger partial charge in [-0.1, -0.05) is 54.1 Å². The highest BCUT2D eigenvalue weighted by Crippen LogP contribution is 2.34. The van der Waals surface area contributed by atoms with Crippen molar-refractivity contribution in [3.05, 3.63) is 112 Å². The van der Waals surface area contributed by atoms with Crippen LogP contribution in [0.3, 0.4) is 0 Å². The number of ether oxygens (including phenoxy) is 1. The summed E-state index contributed by atoms with van der Waals surface area (Å²) in [6.07, 6.45) is -0.0100. The van der Waals surface area contributed by atoms with Gasteiger partial charge in [-0.3, -0.25) is 19.1 Å². The Balaban J connectivity index is 1.19. The monoisotopic (exact) mass is 636 g/mol. The van der Waals surface area contributed by atoms with Crippen LogP contribution < -0.4 is 20.8 Å². The normalized spacial score (nSPS) is 13.7. The molecule has 13 heteroatoms. The first kappa shape index (κ1) is 31.0. The van der Waals surface area contributed by atoms with Crippen molar-refractivity contribution in [1.82, 2.24) is 25.4 Å². The molecule has 1 aliphatic heterocycles. The quantitative estimate of drug-likeness (QED) is 0.144. The Morgan fingerprint density at radius 3 is 2.52 bits per heavy atom. The van der Waals surface area contributed by atoms with Gasteiger partial charge in [0.25, 0.3) is 5.91 Å². The molecule has 1 unspecified atom stereocenters. The summed E-state index contributed by atoms with van der Waals surface area (Å²) in [7, 11) is -0.0475. The van der Waals surface area contributed by atoms with Crippen molar-refractivity contribution in [2.24, 2.45) is 4.99 Å². The number of nitrogens with zero attached hydrogens (tertiary/aromatic N) is 4. The number of halogens is 1. The second-order valence-corrected chi connectivity index (χ2v) is 11.2. The molecule has 0 radical (unpaired) electrons. The Labute approximate surface area is 270 Å². The summed E-state index contributed by atoms with van der Waals surface area (Å²) in [4.78, 5) is 31.3. The lowest BCUT2D eigenvalue weighted by Gasteiger charge is -2.14. The van der Waals surface area contributed by atoms with Gasteiger partial charge in [-0.2, -0.15) is 0 Å². The summed E-state index contributed by atoms with van der Waals surface area (Å²) in [5.74, 6) is 1.21. The third-order valence-corrected chi connectivity index (χ3v) is 8.06. The van der Waals surface area contributed by atoms with E-state index in [-0.39, 0.29) is 36.8 Å². The summed E-state index contributed by atoms with van der Waals surface area (Å²) in [6, 6.07) is 22.5. The first-order chi connectivity index (χ1) is 22.2. The molecule has 2 heterocycles. The van der Waals surface area contributed by atoms with Gasteiger partial charge in [0.15, 0.2) is 5.82 Å². The maximum Gasteiger partial charge on any atom is 0.488 e. The number of carbonyl (C=O) groups excluding carboxylic acids is 2. The summed E-state index contributed by atoms with van der Waals surface area (Å²) in [5, 5.41) is 35.5. The van der Waals surface area contributed by atoms with Crippen LogP contribution in [0.4, 0.5) is 0 Å². The predicted octanol–water partition coefficient (Wildman–Crippen LogP) is 2.90. The molecular formula is C33H30BClN6O5. The number of aromatic nitrogens is 3. The average Bonchev–Trinajstić information content (AvgIpc) is 3.39. The number of aryl methyl sites for hydroxylation is 1. The largest absolute Gasteiger partial charge is 0.497 e. The zero-order valence-corrected chi connectivity index (χ0v) is 25.8. The van der Waals surface area contributed by atoms with Crippen molar-refractivity contribution in [3.63, 3.8) is 0 Å².